The van der Waals surface area contributed by atoms with E-state index in [1.807, 2.05) is 0 Å². The van der Waals surface area contributed by atoms with Crippen LogP contribution < -0.4 is 5.32 Å². The maximum absolute atomic E-state index is 11.8. The largest absolute Gasteiger partial charge is 0.488 e. The molecule has 0 spiro atoms. The SMILES string of the molecule is O=C(NCC(O)c1c(Cl)cccc1Cl)C1=CCCCO1. The number of rotatable bonds is 4. The second-order valence-corrected chi connectivity index (χ2v) is 5.23. The summed E-state index contributed by atoms with van der Waals surface area (Å²) in [5.41, 5.74) is 0.412. The molecule has 0 saturated heterocycles. The van der Waals surface area contributed by atoms with E-state index in [-0.39, 0.29) is 12.5 Å². The number of benzene rings is 1. The highest BCUT2D eigenvalue weighted by atomic mass is 35.5. The standard InChI is InChI=1S/C14H15Cl2NO3/c15-9-4-3-5-10(16)13(9)11(18)8-17-14(19)12-6-1-2-7-20-12/h3-6,11,18H,1-2,7-8H2,(H,17,19). The molecule has 0 radical (unpaired) electrons. The molecule has 1 unspecified atom stereocenters. The predicted molar refractivity (Wildman–Crippen MR) is 77.7 cm³/mol. The summed E-state index contributed by atoms with van der Waals surface area (Å²) < 4.78 is 5.24. The predicted octanol–water partition coefficient (Wildman–Crippen LogP) is 2.84. The number of amides is 1. The van der Waals surface area contributed by atoms with Crippen molar-refractivity contribution >= 4 is 29.1 Å². The summed E-state index contributed by atoms with van der Waals surface area (Å²) in [6.45, 7) is 0.557. The lowest BCUT2D eigenvalue weighted by molar-refractivity contribution is -0.121. The minimum Gasteiger partial charge on any atom is -0.488 e. The summed E-state index contributed by atoms with van der Waals surface area (Å²) in [5, 5.41) is 13.4. The topological polar surface area (TPSA) is 58.6 Å². The Kier molecular flexibility index (Phi) is 5.29. The highest BCUT2D eigenvalue weighted by Gasteiger charge is 2.18. The van der Waals surface area contributed by atoms with Gasteiger partial charge in [-0.15, -0.1) is 0 Å². The van der Waals surface area contributed by atoms with Crippen molar-refractivity contribution in [2.45, 2.75) is 18.9 Å². The van der Waals surface area contributed by atoms with Crippen LogP contribution in [-0.4, -0.2) is 24.2 Å². The molecule has 0 aromatic heterocycles. The van der Waals surface area contributed by atoms with Gasteiger partial charge in [-0.2, -0.15) is 0 Å². The number of hydrogen-bond donors (Lipinski definition) is 2. The molecule has 20 heavy (non-hydrogen) atoms. The normalized spacial score (nSPS) is 16.1. The minimum absolute atomic E-state index is 0.0169. The van der Waals surface area contributed by atoms with E-state index >= 15 is 0 Å². The third-order valence-electron chi connectivity index (χ3n) is 2.95. The van der Waals surface area contributed by atoms with E-state index in [0.29, 0.717) is 28.0 Å². The van der Waals surface area contributed by atoms with Gasteiger partial charge in [-0.1, -0.05) is 29.3 Å². The van der Waals surface area contributed by atoms with Crippen LogP contribution in [0.15, 0.2) is 30.0 Å². The molecule has 0 fully saturated rings. The average Bonchev–Trinajstić information content (AvgIpc) is 2.45. The maximum atomic E-state index is 11.8. The zero-order valence-corrected chi connectivity index (χ0v) is 12.2. The fourth-order valence-corrected chi connectivity index (χ4v) is 2.57. The summed E-state index contributed by atoms with van der Waals surface area (Å²) in [5.74, 6) is -0.0411. The molecule has 1 heterocycles. The number of carbonyl (C=O) groups excluding carboxylic acids is 1. The lowest BCUT2D eigenvalue weighted by atomic mass is 10.1. The molecule has 108 valence electrons. The van der Waals surface area contributed by atoms with Crippen molar-refractivity contribution in [2.24, 2.45) is 0 Å². The van der Waals surface area contributed by atoms with Crippen LogP contribution in [0.5, 0.6) is 0 Å². The van der Waals surface area contributed by atoms with Crippen molar-refractivity contribution in [2.75, 3.05) is 13.2 Å². The van der Waals surface area contributed by atoms with Crippen molar-refractivity contribution in [3.8, 4) is 0 Å². The van der Waals surface area contributed by atoms with Crippen molar-refractivity contribution in [1.82, 2.24) is 5.32 Å². The number of hydrogen-bond acceptors (Lipinski definition) is 3. The Bertz CT molecular complexity index is 511. The highest BCUT2D eigenvalue weighted by molar-refractivity contribution is 6.36. The van der Waals surface area contributed by atoms with Gasteiger partial charge in [0.1, 0.15) is 0 Å². The highest BCUT2D eigenvalue weighted by Crippen LogP contribution is 2.29. The number of halogens is 2. The molecule has 1 amide bonds. The molecule has 6 heteroatoms. The minimum atomic E-state index is -0.968. The van der Waals surface area contributed by atoms with Gasteiger partial charge in [0.2, 0.25) is 0 Å². The lowest BCUT2D eigenvalue weighted by Gasteiger charge is -2.17. The molecule has 1 aliphatic rings. The summed E-state index contributed by atoms with van der Waals surface area (Å²) in [6, 6.07) is 4.97. The van der Waals surface area contributed by atoms with Gasteiger partial charge in [0.15, 0.2) is 5.76 Å². The zero-order chi connectivity index (χ0) is 14.5. The quantitative estimate of drug-likeness (QED) is 0.898. The number of carbonyl (C=O) groups is 1. The fraction of sp³-hybridized carbons (Fsp3) is 0.357. The van der Waals surface area contributed by atoms with E-state index in [9.17, 15) is 9.90 Å². The van der Waals surface area contributed by atoms with Gasteiger partial charge in [0.25, 0.3) is 5.91 Å². The Morgan fingerprint density at radius 3 is 2.70 bits per heavy atom. The molecule has 2 rings (SSSR count). The van der Waals surface area contributed by atoms with E-state index in [1.165, 1.54) is 0 Å². The third-order valence-corrected chi connectivity index (χ3v) is 3.61. The molecule has 1 aromatic rings. The molecule has 4 nitrogen and oxygen atoms in total. The number of ether oxygens (including phenoxy) is 1. The van der Waals surface area contributed by atoms with Crippen molar-refractivity contribution < 1.29 is 14.6 Å². The number of aliphatic hydroxyl groups excluding tert-OH is 1. The van der Waals surface area contributed by atoms with Crippen LogP contribution in [0.1, 0.15) is 24.5 Å². The van der Waals surface area contributed by atoms with Crippen LogP contribution in [0.4, 0.5) is 0 Å². The number of nitrogens with one attached hydrogen (secondary N) is 1. The molecule has 1 aromatic carbocycles. The maximum Gasteiger partial charge on any atom is 0.286 e. The Morgan fingerprint density at radius 1 is 1.40 bits per heavy atom. The summed E-state index contributed by atoms with van der Waals surface area (Å²) >= 11 is 12.0. The Balaban J connectivity index is 1.96. The van der Waals surface area contributed by atoms with Crippen LogP contribution in [0.2, 0.25) is 10.0 Å². The van der Waals surface area contributed by atoms with Crippen LogP contribution >= 0.6 is 23.2 Å². The first-order valence-electron chi connectivity index (χ1n) is 6.32. The van der Waals surface area contributed by atoms with Gasteiger partial charge in [-0.25, -0.2) is 0 Å². The smallest absolute Gasteiger partial charge is 0.286 e. The second-order valence-electron chi connectivity index (χ2n) is 4.42. The Hall–Kier alpha value is -1.23. The first-order valence-corrected chi connectivity index (χ1v) is 7.08. The first-order chi connectivity index (χ1) is 9.59. The zero-order valence-electron chi connectivity index (χ0n) is 10.7. The number of allylic oxidation sites excluding steroid dienone is 1. The average molecular weight is 316 g/mol. The molecule has 0 aliphatic carbocycles. The summed E-state index contributed by atoms with van der Waals surface area (Å²) in [7, 11) is 0. The fourth-order valence-electron chi connectivity index (χ4n) is 1.92. The van der Waals surface area contributed by atoms with Crippen LogP contribution in [0.25, 0.3) is 0 Å². The molecule has 1 aliphatic heterocycles. The molecule has 0 bridgehead atoms. The lowest BCUT2D eigenvalue weighted by Crippen LogP contribution is -2.31. The molecule has 1 atom stereocenters. The summed E-state index contributed by atoms with van der Waals surface area (Å²) in [4.78, 5) is 11.8. The van der Waals surface area contributed by atoms with Gasteiger partial charge in [0, 0.05) is 22.2 Å². The van der Waals surface area contributed by atoms with Crippen molar-refractivity contribution in [1.29, 1.82) is 0 Å². The first kappa shape index (κ1) is 15.2. The van der Waals surface area contributed by atoms with Gasteiger partial charge in [0.05, 0.1) is 12.7 Å². The molecule has 0 saturated carbocycles. The van der Waals surface area contributed by atoms with Crippen LogP contribution in [0.3, 0.4) is 0 Å². The number of aliphatic hydroxyl groups is 1. The van der Waals surface area contributed by atoms with Crippen LogP contribution in [-0.2, 0) is 9.53 Å². The molecular weight excluding hydrogens is 301 g/mol. The molecular formula is C14H15Cl2NO3. The van der Waals surface area contributed by atoms with E-state index in [0.717, 1.165) is 12.8 Å². The van der Waals surface area contributed by atoms with Gasteiger partial charge in [-0.3, -0.25) is 4.79 Å². The van der Waals surface area contributed by atoms with E-state index in [2.05, 4.69) is 5.32 Å². The second kappa shape index (κ2) is 6.97. The van der Waals surface area contributed by atoms with Gasteiger partial charge < -0.3 is 15.2 Å². The monoisotopic (exact) mass is 315 g/mol. The van der Waals surface area contributed by atoms with E-state index < -0.39 is 6.10 Å². The Morgan fingerprint density at radius 2 is 2.10 bits per heavy atom. The summed E-state index contributed by atoms with van der Waals surface area (Å²) in [6.07, 6.45) is 2.51. The van der Waals surface area contributed by atoms with E-state index in [4.69, 9.17) is 27.9 Å². The Labute approximate surface area is 127 Å². The van der Waals surface area contributed by atoms with Gasteiger partial charge >= 0.3 is 0 Å². The van der Waals surface area contributed by atoms with Crippen molar-refractivity contribution in [3.63, 3.8) is 0 Å². The van der Waals surface area contributed by atoms with E-state index in [1.54, 1.807) is 24.3 Å². The van der Waals surface area contributed by atoms with Gasteiger partial charge in [-0.05, 0) is 31.1 Å². The third kappa shape index (κ3) is 3.66. The van der Waals surface area contributed by atoms with Crippen molar-refractivity contribution in [3.05, 3.63) is 45.6 Å². The van der Waals surface area contributed by atoms with Crippen LogP contribution in [0, 0.1) is 0 Å². The molecule has 2 N–H and O–H groups in total.